The van der Waals surface area contributed by atoms with Crippen LogP contribution >= 0.6 is 15.9 Å². The first kappa shape index (κ1) is 15.3. The van der Waals surface area contributed by atoms with Crippen molar-refractivity contribution in [3.63, 3.8) is 0 Å². The van der Waals surface area contributed by atoms with E-state index in [9.17, 15) is 0 Å². The zero-order chi connectivity index (χ0) is 14.4. The number of halogens is 1. The summed E-state index contributed by atoms with van der Waals surface area (Å²) >= 11 is 3.92. The molecule has 2 heteroatoms. The summed E-state index contributed by atoms with van der Waals surface area (Å²) in [5.74, 6) is 0.889. The smallest absolute Gasteiger partial charge is 0.0704 e. The van der Waals surface area contributed by atoms with Gasteiger partial charge in [-0.3, -0.25) is 0 Å². The molecule has 3 aliphatic carbocycles. The molecule has 1 nitrogen and oxygen atoms in total. The number of fused-ring (bicyclic) bond motifs is 2. The molecule has 0 radical (unpaired) electrons. The summed E-state index contributed by atoms with van der Waals surface area (Å²) in [6.07, 6.45) is 13.1. The highest BCUT2D eigenvalue weighted by molar-refractivity contribution is 9.09. The Morgan fingerprint density at radius 2 is 1.65 bits per heavy atom. The normalized spacial score (nSPS) is 48.0. The molecule has 0 heterocycles. The Labute approximate surface area is 133 Å². The van der Waals surface area contributed by atoms with Gasteiger partial charge in [0.15, 0.2) is 0 Å². The third-order valence-corrected chi connectivity index (χ3v) is 8.22. The van der Waals surface area contributed by atoms with Gasteiger partial charge in [0.25, 0.3) is 0 Å². The highest BCUT2D eigenvalue weighted by Gasteiger charge is 2.62. The van der Waals surface area contributed by atoms with Gasteiger partial charge in [-0.2, -0.15) is 0 Å². The quantitative estimate of drug-likeness (QED) is 0.584. The predicted molar refractivity (Wildman–Crippen MR) is 88.3 cm³/mol. The first-order valence-electron chi connectivity index (χ1n) is 8.75. The van der Waals surface area contributed by atoms with E-state index in [0.29, 0.717) is 27.9 Å². The second-order valence-electron chi connectivity index (χ2n) is 8.28. The first-order valence-corrected chi connectivity index (χ1v) is 9.66. The average molecular weight is 343 g/mol. The number of hydrogen-bond donors (Lipinski definition) is 0. The maximum absolute atomic E-state index is 6.73. The lowest BCUT2D eigenvalue weighted by molar-refractivity contribution is -0.0902. The Hall–Kier alpha value is 0.440. The summed E-state index contributed by atoms with van der Waals surface area (Å²) in [4.78, 5) is 0.577. The topological polar surface area (TPSA) is 9.23 Å². The molecule has 20 heavy (non-hydrogen) atoms. The summed E-state index contributed by atoms with van der Waals surface area (Å²) in [6.45, 7) is 7.46. The van der Waals surface area contributed by atoms with Crippen molar-refractivity contribution in [3.05, 3.63) is 0 Å². The lowest BCUT2D eigenvalue weighted by Crippen LogP contribution is -2.41. The van der Waals surface area contributed by atoms with Crippen molar-refractivity contribution in [3.8, 4) is 0 Å². The van der Waals surface area contributed by atoms with Crippen molar-refractivity contribution in [2.45, 2.75) is 95.6 Å². The van der Waals surface area contributed by atoms with Crippen molar-refractivity contribution in [1.82, 2.24) is 0 Å². The van der Waals surface area contributed by atoms with Gasteiger partial charge < -0.3 is 4.74 Å². The summed E-state index contributed by atoms with van der Waals surface area (Å²) < 4.78 is 6.73. The van der Waals surface area contributed by atoms with Crippen molar-refractivity contribution in [2.75, 3.05) is 0 Å². The van der Waals surface area contributed by atoms with Gasteiger partial charge in [0.1, 0.15) is 0 Å². The predicted octanol–water partition coefficient (Wildman–Crippen LogP) is 5.70. The van der Waals surface area contributed by atoms with Crippen LogP contribution in [-0.4, -0.2) is 17.0 Å². The third-order valence-electron chi connectivity index (χ3n) is 7.17. The summed E-state index contributed by atoms with van der Waals surface area (Å²) in [5.41, 5.74) is 0.883. The Morgan fingerprint density at radius 1 is 0.950 bits per heavy atom. The summed E-state index contributed by atoms with van der Waals surface area (Å²) in [6, 6.07) is 0. The van der Waals surface area contributed by atoms with Gasteiger partial charge in [-0.15, -0.1) is 0 Å². The van der Waals surface area contributed by atoms with Crippen LogP contribution in [0.25, 0.3) is 0 Å². The van der Waals surface area contributed by atoms with Crippen molar-refractivity contribution >= 4 is 15.9 Å². The second kappa shape index (κ2) is 5.57. The molecule has 0 saturated heterocycles. The summed E-state index contributed by atoms with van der Waals surface area (Å²) in [7, 11) is 0. The van der Waals surface area contributed by atoms with Crippen LogP contribution in [0.4, 0.5) is 0 Å². The molecule has 0 aromatic carbocycles. The van der Waals surface area contributed by atoms with Gasteiger partial charge in [-0.05, 0) is 48.9 Å². The molecular formula is C18H31BrO. The second-order valence-corrected chi connectivity index (χ2v) is 9.46. The van der Waals surface area contributed by atoms with Crippen LogP contribution in [0.5, 0.6) is 0 Å². The van der Waals surface area contributed by atoms with E-state index < -0.39 is 0 Å². The molecule has 0 aromatic heterocycles. The minimum Gasteiger partial charge on any atom is -0.373 e. The van der Waals surface area contributed by atoms with E-state index in [2.05, 4.69) is 36.7 Å². The Bertz CT molecular complexity index is 353. The van der Waals surface area contributed by atoms with E-state index in [-0.39, 0.29) is 0 Å². The molecule has 0 aliphatic heterocycles. The third kappa shape index (κ3) is 2.39. The van der Waals surface area contributed by atoms with Crippen LogP contribution in [0.1, 0.15) is 78.6 Å². The fourth-order valence-corrected chi connectivity index (χ4v) is 5.82. The minimum absolute atomic E-state index is 0.409. The SMILES string of the molecule is CC1(C)C2CCC1(C)C(OC1CCCCCCC1Br)C2. The van der Waals surface area contributed by atoms with E-state index in [1.165, 1.54) is 57.8 Å². The minimum atomic E-state index is 0.409. The number of alkyl halides is 1. The van der Waals surface area contributed by atoms with E-state index in [0.717, 1.165) is 5.92 Å². The zero-order valence-corrected chi connectivity index (χ0v) is 15.0. The molecule has 5 unspecified atom stereocenters. The van der Waals surface area contributed by atoms with Gasteiger partial charge in [-0.1, -0.05) is 62.4 Å². The lowest BCUT2D eigenvalue weighted by atomic mass is 9.70. The molecule has 0 spiro atoms. The van der Waals surface area contributed by atoms with Gasteiger partial charge in [0, 0.05) is 4.83 Å². The van der Waals surface area contributed by atoms with E-state index in [1.54, 1.807) is 0 Å². The first-order chi connectivity index (χ1) is 9.45. The highest BCUT2D eigenvalue weighted by Crippen LogP contribution is 2.66. The number of rotatable bonds is 2. The average Bonchev–Trinajstić information content (AvgIpc) is 2.71. The number of ether oxygens (including phenoxy) is 1. The maximum atomic E-state index is 6.73. The van der Waals surface area contributed by atoms with Crippen molar-refractivity contribution < 1.29 is 4.74 Å². The van der Waals surface area contributed by atoms with Gasteiger partial charge in [0.2, 0.25) is 0 Å². The summed E-state index contributed by atoms with van der Waals surface area (Å²) in [5, 5.41) is 0. The fourth-order valence-electron chi connectivity index (χ4n) is 5.11. The van der Waals surface area contributed by atoms with Crippen LogP contribution in [-0.2, 0) is 4.74 Å². The van der Waals surface area contributed by atoms with Gasteiger partial charge in [-0.25, -0.2) is 0 Å². The lowest BCUT2D eigenvalue weighted by Gasteiger charge is -2.41. The molecule has 0 amide bonds. The van der Waals surface area contributed by atoms with Crippen LogP contribution in [0.2, 0.25) is 0 Å². The number of hydrogen-bond acceptors (Lipinski definition) is 1. The van der Waals surface area contributed by atoms with E-state index in [1.807, 2.05) is 0 Å². The van der Waals surface area contributed by atoms with E-state index in [4.69, 9.17) is 4.74 Å². The van der Waals surface area contributed by atoms with Gasteiger partial charge >= 0.3 is 0 Å². The van der Waals surface area contributed by atoms with Crippen LogP contribution in [0, 0.1) is 16.7 Å². The molecule has 0 aromatic rings. The Kier molecular flexibility index (Phi) is 4.27. The van der Waals surface area contributed by atoms with Gasteiger partial charge in [0.05, 0.1) is 12.2 Å². The highest BCUT2D eigenvalue weighted by atomic mass is 79.9. The molecule has 3 saturated carbocycles. The largest absolute Gasteiger partial charge is 0.373 e. The van der Waals surface area contributed by atoms with Crippen LogP contribution in [0.3, 0.4) is 0 Å². The molecule has 3 fully saturated rings. The molecule has 2 bridgehead atoms. The maximum Gasteiger partial charge on any atom is 0.0704 e. The van der Waals surface area contributed by atoms with Crippen molar-refractivity contribution in [2.24, 2.45) is 16.7 Å². The van der Waals surface area contributed by atoms with E-state index >= 15 is 0 Å². The zero-order valence-electron chi connectivity index (χ0n) is 13.5. The fraction of sp³-hybridized carbons (Fsp3) is 1.00. The van der Waals surface area contributed by atoms with Crippen LogP contribution < -0.4 is 0 Å². The molecular weight excluding hydrogens is 312 g/mol. The molecule has 5 atom stereocenters. The molecule has 3 rings (SSSR count). The van der Waals surface area contributed by atoms with Crippen molar-refractivity contribution in [1.29, 1.82) is 0 Å². The standard InChI is InChI=1S/C18H31BrO/c1-17(2)13-10-11-18(17,3)16(12-13)20-15-9-7-5-4-6-8-14(15)19/h13-16H,4-12H2,1-3H3. The Morgan fingerprint density at radius 3 is 2.25 bits per heavy atom. The molecule has 116 valence electrons. The Balaban J connectivity index is 1.68. The molecule has 3 aliphatic rings. The molecule has 0 N–H and O–H groups in total. The monoisotopic (exact) mass is 342 g/mol. The van der Waals surface area contributed by atoms with Crippen LogP contribution in [0.15, 0.2) is 0 Å².